The molecule has 0 atom stereocenters. The third kappa shape index (κ3) is 2.80. The maximum Gasteiger partial charge on any atom is 0.241 e. The molecule has 0 bridgehead atoms. The van der Waals surface area contributed by atoms with E-state index in [9.17, 15) is 13.2 Å². The van der Waals surface area contributed by atoms with E-state index < -0.39 is 10.0 Å². The first-order valence-electron chi connectivity index (χ1n) is 5.75. The van der Waals surface area contributed by atoms with Crippen LogP contribution in [0.3, 0.4) is 0 Å². The minimum Gasteiger partial charge on any atom is -0.299 e. The number of benzene rings is 1. The number of nitrogens with one attached hydrogen (secondary N) is 1. The van der Waals surface area contributed by atoms with Crippen LogP contribution in [0.15, 0.2) is 35.4 Å². The van der Waals surface area contributed by atoms with Crippen molar-refractivity contribution in [3.8, 4) is 0 Å². The number of hydrogen-bond acceptors (Lipinski definition) is 4. The maximum atomic E-state index is 12.2. The molecule has 0 unspecified atom stereocenters. The molecule has 0 fully saturated rings. The molecular weight excluding hydrogens is 264 g/mol. The van der Waals surface area contributed by atoms with Gasteiger partial charge in [-0.2, -0.15) is 0 Å². The zero-order valence-electron chi connectivity index (χ0n) is 10.7. The molecule has 1 N–H and O–H groups in total. The molecule has 19 heavy (non-hydrogen) atoms. The molecule has 0 aliphatic carbocycles. The number of carbonyl (C=O) groups is 1. The second-order valence-corrected chi connectivity index (χ2v) is 6.04. The van der Waals surface area contributed by atoms with Gasteiger partial charge in [-0.25, -0.2) is 13.1 Å². The highest BCUT2D eigenvalue weighted by atomic mass is 32.2. The second-order valence-electron chi connectivity index (χ2n) is 4.31. The summed E-state index contributed by atoms with van der Waals surface area (Å²) in [6, 6.07) is 6.63. The van der Waals surface area contributed by atoms with Gasteiger partial charge in [-0.15, -0.1) is 0 Å². The number of Topliss-reactive ketones (excluding diaryl/α,β-unsaturated/α-hetero) is 1. The third-order valence-corrected chi connectivity index (χ3v) is 4.19. The normalized spacial score (nSPS) is 11.7. The molecule has 2 rings (SSSR count). The van der Waals surface area contributed by atoms with Crippen LogP contribution >= 0.6 is 0 Å². The van der Waals surface area contributed by atoms with Crippen molar-refractivity contribution in [1.29, 1.82) is 0 Å². The molecule has 0 saturated heterocycles. The molecule has 6 heteroatoms. The van der Waals surface area contributed by atoms with Gasteiger partial charge >= 0.3 is 0 Å². The fourth-order valence-electron chi connectivity index (χ4n) is 1.80. The lowest BCUT2D eigenvalue weighted by molar-refractivity contribution is -0.115. The van der Waals surface area contributed by atoms with E-state index in [1.807, 2.05) is 6.92 Å². The SMILES string of the molecule is CC(=O)CNS(=O)(=O)c1ccc(C)c2ncccc12. The summed E-state index contributed by atoms with van der Waals surface area (Å²) in [6.07, 6.45) is 1.62. The topological polar surface area (TPSA) is 76.1 Å². The van der Waals surface area contributed by atoms with Crippen LogP contribution in [0, 0.1) is 6.92 Å². The lowest BCUT2D eigenvalue weighted by Crippen LogP contribution is -2.28. The van der Waals surface area contributed by atoms with Gasteiger partial charge in [0.25, 0.3) is 0 Å². The second kappa shape index (κ2) is 5.07. The number of sulfonamides is 1. The van der Waals surface area contributed by atoms with Crippen molar-refractivity contribution in [3.63, 3.8) is 0 Å². The number of pyridine rings is 1. The van der Waals surface area contributed by atoms with Gasteiger partial charge in [-0.3, -0.25) is 9.78 Å². The van der Waals surface area contributed by atoms with E-state index >= 15 is 0 Å². The lowest BCUT2D eigenvalue weighted by atomic mass is 10.1. The zero-order valence-corrected chi connectivity index (χ0v) is 11.5. The van der Waals surface area contributed by atoms with Crippen LogP contribution in [0.5, 0.6) is 0 Å². The Morgan fingerprint density at radius 3 is 2.74 bits per heavy atom. The van der Waals surface area contributed by atoms with E-state index in [1.165, 1.54) is 13.0 Å². The van der Waals surface area contributed by atoms with Crippen molar-refractivity contribution in [1.82, 2.24) is 9.71 Å². The maximum absolute atomic E-state index is 12.2. The smallest absolute Gasteiger partial charge is 0.241 e. The molecule has 1 aromatic heterocycles. The number of rotatable bonds is 4. The highest BCUT2D eigenvalue weighted by Gasteiger charge is 2.18. The molecule has 5 nitrogen and oxygen atoms in total. The minimum absolute atomic E-state index is 0.141. The molecule has 0 radical (unpaired) electrons. The summed E-state index contributed by atoms with van der Waals surface area (Å²) >= 11 is 0. The Labute approximate surface area is 111 Å². The van der Waals surface area contributed by atoms with Crippen LogP contribution in [0.4, 0.5) is 0 Å². The Hall–Kier alpha value is -1.79. The summed E-state index contributed by atoms with van der Waals surface area (Å²) in [7, 11) is -3.71. The average Bonchev–Trinajstić information content (AvgIpc) is 2.37. The molecule has 0 amide bonds. The van der Waals surface area contributed by atoms with Crippen LogP contribution in [0.2, 0.25) is 0 Å². The number of fused-ring (bicyclic) bond motifs is 1. The Kier molecular flexibility index (Phi) is 3.64. The van der Waals surface area contributed by atoms with Crippen molar-refractivity contribution in [2.45, 2.75) is 18.7 Å². The number of carbonyl (C=O) groups excluding carboxylic acids is 1. The predicted octanol–water partition coefficient (Wildman–Crippen LogP) is 1.41. The Balaban J connectivity index is 2.57. The van der Waals surface area contributed by atoms with E-state index in [4.69, 9.17) is 0 Å². The molecule has 0 spiro atoms. The van der Waals surface area contributed by atoms with Crippen molar-refractivity contribution in [3.05, 3.63) is 36.0 Å². The van der Waals surface area contributed by atoms with E-state index in [-0.39, 0.29) is 17.2 Å². The van der Waals surface area contributed by atoms with Crippen molar-refractivity contribution < 1.29 is 13.2 Å². The summed E-state index contributed by atoms with van der Waals surface area (Å²) in [5.41, 5.74) is 1.55. The van der Waals surface area contributed by atoms with Crippen LogP contribution < -0.4 is 4.72 Å². The molecule has 100 valence electrons. The van der Waals surface area contributed by atoms with Crippen LogP contribution in [0.25, 0.3) is 10.9 Å². The van der Waals surface area contributed by atoms with Gasteiger partial charge in [0, 0.05) is 11.6 Å². The fourth-order valence-corrected chi connectivity index (χ4v) is 3.05. The summed E-state index contributed by atoms with van der Waals surface area (Å²) in [4.78, 5) is 15.2. The first-order chi connectivity index (χ1) is 8.92. The largest absolute Gasteiger partial charge is 0.299 e. The van der Waals surface area contributed by atoms with Crippen molar-refractivity contribution in [2.75, 3.05) is 6.54 Å². The van der Waals surface area contributed by atoms with Gasteiger partial charge in [0.05, 0.1) is 17.0 Å². The summed E-state index contributed by atoms with van der Waals surface area (Å²) in [5, 5.41) is 0.554. The van der Waals surface area contributed by atoms with Gasteiger partial charge in [0.2, 0.25) is 10.0 Å². The Morgan fingerprint density at radius 1 is 1.32 bits per heavy atom. The molecule has 0 saturated carbocycles. The van der Waals surface area contributed by atoms with Gasteiger partial charge in [-0.05, 0) is 37.6 Å². The first-order valence-corrected chi connectivity index (χ1v) is 7.23. The van der Waals surface area contributed by atoms with E-state index in [1.54, 1.807) is 24.4 Å². The predicted molar refractivity (Wildman–Crippen MR) is 72.3 cm³/mol. The van der Waals surface area contributed by atoms with Crippen molar-refractivity contribution in [2.24, 2.45) is 0 Å². The number of hydrogen-bond donors (Lipinski definition) is 1. The van der Waals surface area contributed by atoms with E-state index in [0.29, 0.717) is 10.9 Å². The quantitative estimate of drug-likeness (QED) is 0.917. The molecule has 1 heterocycles. The highest BCUT2D eigenvalue weighted by Crippen LogP contribution is 2.23. The van der Waals surface area contributed by atoms with Crippen LogP contribution in [0.1, 0.15) is 12.5 Å². The zero-order chi connectivity index (χ0) is 14.0. The molecule has 0 aliphatic rings. The van der Waals surface area contributed by atoms with Crippen LogP contribution in [-0.4, -0.2) is 25.7 Å². The van der Waals surface area contributed by atoms with Crippen molar-refractivity contribution >= 4 is 26.7 Å². The van der Waals surface area contributed by atoms with Crippen LogP contribution in [-0.2, 0) is 14.8 Å². The van der Waals surface area contributed by atoms with E-state index in [2.05, 4.69) is 9.71 Å². The van der Waals surface area contributed by atoms with Gasteiger partial charge in [-0.1, -0.05) is 6.07 Å². The van der Waals surface area contributed by atoms with E-state index in [0.717, 1.165) is 5.56 Å². The number of ketones is 1. The van der Waals surface area contributed by atoms with Gasteiger partial charge in [0.1, 0.15) is 5.78 Å². The summed E-state index contributed by atoms with van der Waals surface area (Å²) in [5.74, 6) is -0.238. The number of aromatic nitrogens is 1. The molecule has 0 aliphatic heterocycles. The minimum atomic E-state index is -3.71. The monoisotopic (exact) mass is 278 g/mol. The lowest BCUT2D eigenvalue weighted by Gasteiger charge is -2.09. The molecule has 2 aromatic rings. The summed E-state index contributed by atoms with van der Waals surface area (Å²) < 4.78 is 26.6. The number of nitrogens with zero attached hydrogens (tertiary/aromatic N) is 1. The molecule has 1 aromatic carbocycles. The first kappa shape index (κ1) is 13.6. The van der Waals surface area contributed by atoms with Gasteiger partial charge < -0.3 is 0 Å². The standard InChI is InChI=1S/C13H14N2O3S/c1-9-5-6-12(11-4-3-7-14-13(9)11)19(17,18)15-8-10(2)16/h3-7,15H,8H2,1-2H3. The number of aryl methyl sites for hydroxylation is 1. The Bertz CT molecular complexity index is 739. The fraction of sp³-hybridized carbons (Fsp3) is 0.231. The van der Waals surface area contributed by atoms with Gasteiger partial charge in [0.15, 0.2) is 0 Å². The molecular formula is C13H14N2O3S. The average molecular weight is 278 g/mol. The Morgan fingerprint density at radius 2 is 2.05 bits per heavy atom. The third-order valence-electron chi connectivity index (χ3n) is 2.73. The highest BCUT2D eigenvalue weighted by molar-refractivity contribution is 7.89. The summed E-state index contributed by atoms with van der Waals surface area (Å²) in [6.45, 7) is 2.99.